The quantitative estimate of drug-likeness (QED) is 0.624. The maximum atomic E-state index is 12.9. The number of isothiocyanates is 1. The van der Waals surface area contributed by atoms with Crippen LogP contribution in [-0.4, -0.2) is 36.3 Å². The molecule has 1 aromatic rings. The van der Waals surface area contributed by atoms with E-state index < -0.39 is 11.7 Å². The molecule has 0 atom stereocenters. The summed E-state index contributed by atoms with van der Waals surface area (Å²) in [7, 11) is 2.01. The van der Waals surface area contributed by atoms with Crippen molar-refractivity contribution in [3.63, 3.8) is 0 Å². The van der Waals surface area contributed by atoms with Crippen LogP contribution in [-0.2, 0) is 6.18 Å². The van der Waals surface area contributed by atoms with Crippen molar-refractivity contribution >= 4 is 23.1 Å². The second-order valence-electron chi connectivity index (χ2n) is 5.04. The van der Waals surface area contributed by atoms with Crippen molar-refractivity contribution in [2.75, 3.05) is 20.1 Å². The number of ether oxygens (including phenoxy) is 1. The molecule has 0 aliphatic carbocycles. The van der Waals surface area contributed by atoms with E-state index in [-0.39, 0.29) is 17.5 Å². The molecule has 0 N–H and O–H groups in total. The first-order chi connectivity index (χ1) is 9.88. The van der Waals surface area contributed by atoms with Gasteiger partial charge in [0.1, 0.15) is 11.9 Å². The highest BCUT2D eigenvalue weighted by Crippen LogP contribution is 2.35. The zero-order valence-electron chi connectivity index (χ0n) is 11.5. The second-order valence-corrected chi connectivity index (χ2v) is 5.22. The number of aliphatic imine (C=N–C) groups is 1. The summed E-state index contributed by atoms with van der Waals surface area (Å²) in [5.74, 6) is 0.170. The van der Waals surface area contributed by atoms with Gasteiger partial charge in [0.2, 0.25) is 0 Å². The minimum atomic E-state index is -4.45. The zero-order valence-corrected chi connectivity index (χ0v) is 12.3. The number of likely N-dealkylation sites (tertiary alicyclic amines) is 1. The van der Waals surface area contributed by atoms with Gasteiger partial charge in [0, 0.05) is 19.2 Å². The van der Waals surface area contributed by atoms with E-state index in [0.29, 0.717) is 0 Å². The number of piperidine rings is 1. The standard InChI is InChI=1S/C14H15F3N2OS/c1-19-4-2-12(3-5-19)20-13-7-10(14(15,16)17)6-11(8-13)18-9-21/h6-8,12H,2-5H2,1H3. The van der Waals surface area contributed by atoms with Gasteiger partial charge in [-0.2, -0.15) is 18.2 Å². The summed E-state index contributed by atoms with van der Waals surface area (Å²) >= 11 is 4.44. The van der Waals surface area contributed by atoms with E-state index in [2.05, 4.69) is 27.3 Å². The Kier molecular flexibility index (Phi) is 4.98. The number of hydrogen-bond donors (Lipinski definition) is 0. The van der Waals surface area contributed by atoms with Gasteiger partial charge in [-0.05, 0) is 44.2 Å². The van der Waals surface area contributed by atoms with Gasteiger partial charge in [-0.15, -0.1) is 0 Å². The van der Waals surface area contributed by atoms with Crippen LogP contribution < -0.4 is 4.74 Å². The fraction of sp³-hybridized carbons (Fsp3) is 0.500. The molecule has 114 valence electrons. The van der Waals surface area contributed by atoms with Crippen molar-refractivity contribution in [1.82, 2.24) is 4.90 Å². The van der Waals surface area contributed by atoms with Crippen LogP contribution in [0.3, 0.4) is 0 Å². The Hall–Kier alpha value is -1.43. The predicted octanol–water partition coefficient (Wildman–Crippen LogP) is 3.91. The van der Waals surface area contributed by atoms with Gasteiger partial charge in [0.05, 0.1) is 16.4 Å². The van der Waals surface area contributed by atoms with E-state index in [0.717, 1.165) is 38.1 Å². The maximum absolute atomic E-state index is 12.9. The molecule has 3 nitrogen and oxygen atoms in total. The fourth-order valence-electron chi connectivity index (χ4n) is 2.23. The molecule has 0 spiro atoms. The molecule has 1 aliphatic heterocycles. The first-order valence-electron chi connectivity index (χ1n) is 6.54. The van der Waals surface area contributed by atoms with Crippen molar-refractivity contribution in [3.8, 4) is 5.75 Å². The summed E-state index contributed by atoms with van der Waals surface area (Å²) in [6, 6.07) is 3.38. The molecule has 0 radical (unpaired) electrons. The molecule has 0 bridgehead atoms. The Labute approximate surface area is 126 Å². The topological polar surface area (TPSA) is 24.8 Å². The Bertz CT molecular complexity index is 548. The highest BCUT2D eigenvalue weighted by Gasteiger charge is 2.32. The third kappa shape index (κ3) is 4.52. The lowest BCUT2D eigenvalue weighted by atomic mass is 10.1. The summed E-state index contributed by atoms with van der Waals surface area (Å²) in [4.78, 5) is 5.78. The summed E-state index contributed by atoms with van der Waals surface area (Å²) in [5.41, 5.74) is -0.695. The first-order valence-corrected chi connectivity index (χ1v) is 6.94. The van der Waals surface area contributed by atoms with E-state index >= 15 is 0 Å². The highest BCUT2D eigenvalue weighted by atomic mass is 32.1. The van der Waals surface area contributed by atoms with Crippen molar-refractivity contribution in [3.05, 3.63) is 23.8 Å². The summed E-state index contributed by atoms with van der Waals surface area (Å²) in [6.45, 7) is 1.74. The van der Waals surface area contributed by atoms with Crippen LogP contribution in [0.5, 0.6) is 5.75 Å². The Morgan fingerprint density at radius 2 is 1.95 bits per heavy atom. The molecule has 1 heterocycles. The van der Waals surface area contributed by atoms with E-state index in [1.54, 1.807) is 0 Å². The van der Waals surface area contributed by atoms with Crippen molar-refractivity contribution in [2.45, 2.75) is 25.1 Å². The number of benzene rings is 1. The van der Waals surface area contributed by atoms with Gasteiger partial charge >= 0.3 is 6.18 Å². The summed E-state index contributed by atoms with van der Waals surface area (Å²) in [6.07, 6.45) is -2.94. The average Bonchev–Trinajstić information content (AvgIpc) is 2.41. The molecule has 0 amide bonds. The summed E-state index contributed by atoms with van der Waals surface area (Å²) < 4.78 is 44.3. The lowest BCUT2D eigenvalue weighted by Crippen LogP contribution is -2.35. The van der Waals surface area contributed by atoms with Crippen molar-refractivity contribution in [1.29, 1.82) is 0 Å². The Balaban J connectivity index is 2.21. The van der Waals surface area contributed by atoms with Crippen molar-refractivity contribution < 1.29 is 17.9 Å². The molecule has 1 fully saturated rings. The fourth-order valence-corrected chi connectivity index (χ4v) is 2.33. The van der Waals surface area contributed by atoms with Crippen LogP contribution in [0.4, 0.5) is 18.9 Å². The molecule has 2 rings (SSSR count). The Morgan fingerprint density at radius 1 is 1.29 bits per heavy atom. The molecule has 1 aromatic carbocycles. The lowest BCUT2D eigenvalue weighted by molar-refractivity contribution is -0.137. The molecular formula is C14H15F3N2OS. The lowest BCUT2D eigenvalue weighted by Gasteiger charge is -2.29. The van der Waals surface area contributed by atoms with Crippen molar-refractivity contribution in [2.24, 2.45) is 4.99 Å². The van der Waals surface area contributed by atoms with Gasteiger partial charge in [0.25, 0.3) is 0 Å². The van der Waals surface area contributed by atoms with Gasteiger partial charge in [-0.25, -0.2) is 0 Å². The number of hydrogen-bond acceptors (Lipinski definition) is 4. The van der Waals surface area contributed by atoms with Gasteiger partial charge in [-0.1, -0.05) is 0 Å². The van der Waals surface area contributed by atoms with Crippen LogP contribution in [0, 0.1) is 0 Å². The number of halogens is 3. The average molecular weight is 316 g/mol. The number of thiocarbonyl (C=S) groups is 1. The first kappa shape index (κ1) is 15.9. The largest absolute Gasteiger partial charge is 0.490 e. The number of nitrogens with zero attached hydrogens (tertiary/aromatic N) is 2. The van der Waals surface area contributed by atoms with E-state index in [1.807, 2.05) is 7.05 Å². The summed E-state index contributed by atoms with van der Waals surface area (Å²) in [5, 5.41) is 2.08. The molecule has 0 unspecified atom stereocenters. The van der Waals surface area contributed by atoms with Crippen LogP contribution in [0.15, 0.2) is 23.2 Å². The van der Waals surface area contributed by atoms with Gasteiger partial charge < -0.3 is 9.64 Å². The molecule has 1 saturated heterocycles. The van der Waals surface area contributed by atoms with Crippen LogP contribution >= 0.6 is 12.2 Å². The third-order valence-electron chi connectivity index (χ3n) is 3.36. The molecule has 7 heteroatoms. The van der Waals surface area contributed by atoms with Gasteiger partial charge in [0.15, 0.2) is 0 Å². The van der Waals surface area contributed by atoms with E-state index in [4.69, 9.17) is 4.74 Å². The van der Waals surface area contributed by atoms with E-state index in [9.17, 15) is 13.2 Å². The van der Waals surface area contributed by atoms with Crippen LogP contribution in [0.25, 0.3) is 0 Å². The maximum Gasteiger partial charge on any atom is 0.416 e. The molecule has 1 aliphatic rings. The number of rotatable bonds is 3. The van der Waals surface area contributed by atoms with Gasteiger partial charge in [-0.3, -0.25) is 0 Å². The van der Waals surface area contributed by atoms with Crippen LogP contribution in [0.1, 0.15) is 18.4 Å². The predicted molar refractivity (Wildman–Crippen MR) is 77.3 cm³/mol. The van der Waals surface area contributed by atoms with Crippen LogP contribution in [0.2, 0.25) is 0 Å². The second kappa shape index (κ2) is 6.56. The zero-order chi connectivity index (χ0) is 15.5. The monoisotopic (exact) mass is 316 g/mol. The SMILES string of the molecule is CN1CCC(Oc2cc(N=C=S)cc(C(F)(F)F)c2)CC1. The molecule has 0 saturated carbocycles. The van der Waals surface area contributed by atoms with E-state index in [1.165, 1.54) is 6.07 Å². The number of alkyl halides is 3. The Morgan fingerprint density at radius 3 is 2.52 bits per heavy atom. The smallest absolute Gasteiger partial charge is 0.416 e. The third-order valence-corrected chi connectivity index (χ3v) is 3.45. The molecular weight excluding hydrogens is 301 g/mol. The highest BCUT2D eigenvalue weighted by molar-refractivity contribution is 7.78. The molecule has 21 heavy (non-hydrogen) atoms. The normalized spacial score (nSPS) is 17.3. The minimum Gasteiger partial charge on any atom is -0.490 e. The molecule has 0 aromatic heterocycles. The minimum absolute atomic E-state index is 0.0750.